The van der Waals surface area contributed by atoms with Gasteiger partial charge in [-0.3, -0.25) is 0 Å². The molecule has 3 nitrogen and oxygen atoms in total. The Balaban J connectivity index is 1.14. The van der Waals surface area contributed by atoms with Gasteiger partial charge in [-0.25, -0.2) is 15.0 Å². The number of fused-ring (bicyclic) bond motifs is 9. The van der Waals surface area contributed by atoms with Gasteiger partial charge in [0.15, 0.2) is 17.5 Å². The largest absolute Gasteiger partial charge is 0.208 e. The lowest BCUT2D eigenvalue weighted by atomic mass is 9.97. The zero-order chi connectivity index (χ0) is 34.2. The second-order valence-corrected chi connectivity index (χ2v) is 15.3. The van der Waals surface area contributed by atoms with Gasteiger partial charge in [0.2, 0.25) is 0 Å². The second-order valence-electron chi connectivity index (χ2n) is 13.2. The van der Waals surface area contributed by atoms with Crippen LogP contribution < -0.4 is 0 Å². The van der Waals surface area contributed by atoms with Crippen molar-refractivity contribution in [1.82, 2.24) is 15.0 Å². The Morgan fingerprint density at radius 1 is 0.327 bits per heavy atom. The Hall–Kier alpha value is -6.27. The van der Waals surface area contributed by atoms with Crippen molar-refractivity contribution in [2.75, 3.05) is 0 Å². The number of nitrogens with zero attached hydrogens (tertiary/aromatic N) is 3. The summed E-state index contributed by atoms with van der Waals surface area (Å²) in [4.78, 5) is 15.8. The molecule has 11 aromatic rings. The van der Waals surface area contributed by atoms with Crippen molar-refractivity contribution >= 4 is 84.6 Å². The van der Waals surface area contributed by atoms with E-state index in [0.717, 1.165) is 33.2 Å². The van der Waals surface area contributed by atoms with Gasteiger partial charge >= 0.3 is 0 Å². The Bertz CT molecular complexity index is 3210. The molecule has 0 atom stereocenters. The number of hydrogen-bond acceptors (Lipinski definition) is 5. The average Bonchev–Trinajstić information content (AvgIpc) is 3.79. The van der Waals surface area contributed by atoms with Gasteiger partial charge in [0, 0.05) is 57.0 Å². The summed E-state index contributed by atoms with van der Waals surface area (Å²) < 4.78 is 5.08. The summed E-state index contributed by atoms with van der Waals surface area (Å²) in [5, 5.41) is 9.86. The van der Waals surface area contributed by atoms with E-state index >= 15 is 0 Å². The molecular weight excluding hydrogens is 671 g/mol. The molecule has 0 aliphatic rings. The predicted octanol–water partition coefficient (Wildman–Crippen LogP) is 13.6. The molecular formula is C47H27N3S2. The van der Waals surface area contributed by atoms with Gasteiger partial charge in [0.25, 0.3) is 0 Å². The van der Waals surface area contributed by atoms with Gasteiger partial charge < -0.3 is 0 Å². The van der Waals surface area contributed by atoms with E-state index < -0.39 is 0 Å². The zero-order valence-corrected chi connectivity index (χ0v) is 29.4. The van der Waals surface area contributed by atoms with E-state index in [4.69, 9.17) is 15.0 Å². The van der Waals surface area contributed by atoms with Crippen LogP contribution in [0, 0.1) is 0 Å². The second kappa shape index (κ2) is 11.6. The Morgan fingerprint density at radius 2 is 0.962 bits per heavy atom. The molecule has 0 saturated carbocycles. The maximum absolute atomic E-state index is 5.31. The van der Waals surface area contributed by atoms with Gasteiger partial charge in [-0.15, -0.1) is 22.7 Å². The van der Waals surface area contributed by atoms with Crippen LogP contribution in [-0.4, -0.2) is 15.0 Å². The smallest absolute Gasteiger partial charge is 0.164 e. The van der Waals surface area contributed by atoms with Crippen molar-refractivity contribution in [2.45, 2.75) is 0 Å². The van der Waals surface area contributed by atoms with E-state index in [1.54, 1.807) is 11.3 Å². The van der Waals surface area contributed by atoms with E-state index in [-0.39, 0.29) is 0 Å². The lowest BCUT2D eigenvalue weighted by molar-refractivity contribution is 1.08. The topological polar surface area (TPSA) is 38.7 Å². The monoisotopic (exact) mass is 697 g/mol. The standard InChI is InChI=1S/C47H27N3S2/c1-2-12-30-26-32(21-20-28(30)10-1)45-48-46(50-47(49-45)38-17-9-19-42-43(38)37-16-7-8-18-40(37)51-42)36-15-6-5-13-33(36)31-23-25-41-39(27-31)35-24-22-29-11-3-4-14-34(29)44(35)52-41/h1-27H. The summed E-state index contributed by atoms with van der Waals surface area (Å²) in [6.45, 7) is 0. The minimum atomic E-state index is 0.654. The van der Waals surface area contributed by atoms with E-state index in [2.05, 4.69) is 164 Å². The number of benzene rings is 8. The highest BCUT2D eigenvalue weighted by molar-refractivity contribution is 7.26. The molecule has 3 heterocycles. The highest BCUT2D eigenvalue weighted by Gasteiger charge is 2.19. The van der Waals surface area contributed by atoms with Crippen LogP contribution in [-0.2, 0) is 0 Å². The van der Waals surface area contributed by atoms with Gasteiger partial charge in [0.1, 0.15) is 0 Å². The van der Waals surface area contributed by atoms with Gasteiger partial charge in [-0.1, -0.05) is 133 Å². The van der Waals surface area contributed by atoms with Crippen LogP contribution in [0.1, 0.15) is 0 Å². The average molecular weight is 698 g/mol. The van der Waals surface area contributed by atoms with Gasteiger partial charge in [-0.2, -0.15) is 0 Å². The van der Waals surface area contributed by atoms with Crippen LogP contribution in [0.3, 0.4) is 0 Å². The molecule has 0 radical (unpaired) electrons. The fourth-order valence-corrected chi connectivity index (χ4v) is 9.99. The van der Waals surface area contributed by atoms with Crippen LogP contribution >= 0.6 is 22.7 Å². The summed E-state index contributed by atoms with van der Waals surface area (Å²) in [5.41, 5.74) is 5.17. The van der Waals surface area contributed by atoms with Gasteiger partial charge in [0.05, 0.1) is 0 Å². The number of hydrogen-bond donors (Lipinski definition) is 0. The van der Waals surface area contributed by atoms with Crippen LogP contribution in [0.25, 0.3) is 107 Å². The van der Waals surface area contributed by atoms with Crippen LogP contribution in [0.2, 0.25) is 0 Å². The molecule has 0 unspecified atom stereocenters. The summed E-state index contributed by atoms with van der Waals surface area (Å²) in [7, 11) is 0. The van der Waals surface area contributed by atoms with Crippen molar-refractivity contribution in [1.29, 1.82) is 0 Å². The molecule has 0 aliphatic heterocycles. The number of thiophene rings is 2. The van der Waals surface area contributed by atoms with Crippen LogP contribution in [0.4, 0.5) is 0 Å². The third-order valence-corrected chi connectivity index (χ3v) is 12.5. The molecule has 3 aromatic heterocycles. The van der Waals surface area contributed by atoms with E-state index in [1.807, 2.05) is 11.3 Å². The van der Waals surface area contributed by atoms with Crippen molar-refractivity contribution < 1.29 is 0 Å². The number of rotatable bonds is 4. The zero-order valence-electron chi connectivity index (χ0n) is 27.7. The quantitative estimate of drug-likeness (QED) is 0.184. The van der Waals surface area contributed by atoms with Crippen molar-refractivity contribution in [3.8, 4) is 45.3 Å². The van der Waals surface area contributed by atoms with Crippen molar-refractivity contribution in [3.05, 3.63) is 164 Å². The molecule has 0 N–H and O–H groups in total. The normalized spacial score (nSPS) is 11.8. The predicted molar refractivity (Wildman–Crippen MR) is 222 cm³/mol. The summed E-state index contributed by atoms with van der Waals surface area (Å²) in [5.74, 6) is 1.98. The molecule has 0 bridgehead atoms. The van der Waals surface area contributed by atoms with E-state index in [1.165, 1.54) is 56.5 Å². The lowest BCUT2D eigenvalue weighted by Crippen LogP contribution is -2.01. The van der Waals surface area contributed by atoms with E-state index in [9.17, 15) is 0 Å². The molecule has 242 valence electrons. The lowest BCUT2D eigenvalue weighted by Gasteiger charge is -2.13. The van der Waals surface area contributed by atoms with Crippen LogP contribution in [0.15, 0.2) is 164 Å². The Morgan fingerprint density at radius 3 is 1.87 bits per heavy atom. The third-order valence-electron chi connectivity index (χ3n) is 10.1. The van der Waals surface area contributed by atoms with Crippen LogP contribution in [0.5, 0.6) is 0 Å². The first-order valence-corrected chi connectivity index (χ1v) is 19.0. The number of aromatic nitrogens is 3. The Kier molecular flexibility index (Phi) is 6.59. The molecule has 0 fully saturated rings. The maximum Gasteiger partial charge on any atom is 0.164 e. The third kappa shape index (κ3) is 4.67. The first kappa shape index (κ1) is 29.5. The Labute approximate surface area is 307 Å². The van der Waals surface area contributed by atoms with E-state index in [0.29, 0.717) is 17.5 Å². The van der Waals surface area contributed by atoms with Crippen molar-refractivity contribution in [3.63, 3.8) is 0 Å². The SMILES string of the molecule is c1ccc(-c2nc(-c3ccc4ccccc4c3)nc(-c3cccc4sc5ccccc5c34)n2)c(-c2ccc3sc4c5ccccc5ccc4c3c2)c1. The molecule has 0 spiro atoms. The molecule has 5 heteroatoms. The van der Waals surface area contributed by atoms with Gasteiger partial charge in [-0.05, 0) is 63.0 Å². The molecule has 8 aromatic carbocycles. The molecule has 0 amide bonds. The summed E-state index contributed by atoms with van der Waals surface area (Å²) >= 11 is 3.67. The fourth-order valence-electron chi connectivity index (χ4n) is 7.64. The molecule has 11 rings (SSSR count). The summed E-state index contributed by atoms with van der Waals surface area (Å²) in [6.07, 6.45) is 0. The summed E-state index contributed by atoms with van der Waals surface area (Å²) in [6, 6.07) is 58.5. The highest BCUT2D eigenvalue weighted by atomic mass is 32.1. The maximum atomic E-state index is 5.31. The van der Waals surface area contributed by atoms with Crippen molar-refractivity contribution in [2.24, 2.45) is 0 Å². The first-order chi connectivity index (χ1) is 25.7. The minimum Gasteiger partial charge on any atom is -0.208 e. The molecule has 0 aliphatic carbocycles. The fraction of sp³-hybridized carbons (Fsp3) is 0. The highest BCUT2D eigenvalue weighted by Crippen LogP contribution is 2.43. The minimum absolute atomic E-state index is 0.654. The molecule has 0 saturated heterocycles. The molecule has 52 heavy (non-hydrogen) atoms. The first-order valence-electron chi connectivity index (χ1n) is 17.3.